The molecule has 0 atom stereocenters. The Morgan fingerprint density at radius 1 is 0.704 bits per heavy atom. The van der Waals surface area contributed by atoms with E-state index in [9.17, 15) is 19.8 Å². The average molecular weight is 562 g/mol. The van der Waals surface area contributed by atoms with Gasteiger partial charge < -0.3 is 19.8 Å². The van der Waals surface area contributed by atoms with Crippen molar-refractivity contribution in [3.63, 3.8) is 0 Å². The third-order valence-corrected chi connectivity index (χ3v) is 3.73. The molecule has 0 N–H and O–H groups in total. The van der Waals surface area contributed by atoms with Gasteiger partial charge in [0.1, 0.15) is 0 Å². The quantitative estimate of drug-likeness (QED) is 0.507. The van der Waals surface area contributed by atoms with Crippen LogP contribution in [0.5, 0.6) is 0 Å². The fraction of sp³-hybridized carbons (Fsp3) is 0.364. The summed E-state index contributed by atoms with van der Waals surface area (Å²) in [4.78, 5) is 21.4. The van der Waals surface area contributed by atoms with Gasteiger partial charge in [0.15, 0.2) is 0 Å². The Hall–Kier alpha value is -1.70. The number of carboxylic acid groups (broad SMARTS) is 2. The van der Waals surface area contributed by atoms with Gasteiger partial charge in [-0.25, -0.2) is 0 Å². The van der Waals surface area contributed by atoms with Crippen molar-refractivity contribution in [3.05, 3.63) is 70.8 Å². The normalized spacial score (nSPS) is 10.0. The van der Waals surface area contributed by atoms with E-state index in [4.69, 9.17) is 0 Å². The van der Waals surface area contributed by atoms with Crippen LogP contribution in [0.15, 0.2) is 48.5 Å². The number of carbonyl (C=O) groups excluding carboxylic acids is 2. The van der Waals surface area contributed by atoms with E-state index in [0.717, 1.165) is 24.0 Å². The van der Waals surface area contributed by atoms with Crippen LogP contribution in [0.3, 0.4) is 0 Å². The smallest absolute Gasteiger partial charge is 0.545 e. The van der Waals surface area contributed by atoms with Crippen LogP contribution in [0, 0.1) is 11.8 Å². The molecule has 0 aliphatic rings. The Morgan fingerprint density at radius 2 is 1.00 bits per heavy atom. The van der Waals surface area contributed by atoms with Gasteiger partial charge in [0.2, 0.25) is 0 Å². The first-order chi connectivity index (χ1) is 12.2. The van der Waals surface area contributed by atoms with Crippen molar-refractivity contribution in [2.45, 2.75) is 40.5 Å². The molecule has 2 rings (SSSR count). The van der Waals surface area contributed by atoms with Crippen molar-refractivity contribution in [1.29, 1.82) is 0 Å². The summed E-state index contributed by atoms with van der Waals surface area (Å²) >= 11 is 0. The van der Waals surface area contributed by atoms with Crippen LogP contribution in [-0.4, -0.2) is 39.2 Å². The molecule has 0 aromatic heterocycles. The van der Waals surface area contributed by atoms with Crippen LogP contribution in [0.4, 0.5) is 0 Å². The zero-order chi connectivity index (χ0) is 19.7. The number of aromatic carboxylic acids is 2. The summed E-state index contributed by atoms with van der Waals surface area (Å²) in [6, 6.07) is 14.0. The second-order valence-electron chi connectivity index (χ2n) is 7.09. The van der Waals surface area contributed by atoms with Crippen LogP contribution in [0.1, 0.15) is 59.5 Å². The van der Waals surface area contributed by atoms with Gasteiger partial charge in [0, 0.05) is 11.1 Å². The Bertz CT molecular complexity index is 675. The molecule has 0 fully saturated rings. The number of benzene rings is 2. The molecule has 0 spiro atoms. The second kappa shape index (κ2) is 12.6. The minimum atomic E-state index is -1.09. The van der Waals surface area contributed by atoms with Gasteiger partial charge in [0.05, 0.1) is 11.9 Å². The Kier molecular flexibility index (Phi) is 11.9. The number of rotatable bonds is 6. The summed E-state index contributed by atoms with van der Waals surface area (Å²) in [5.74, 6) is -1.26. The van der Waals surface area contributed by atoms with Crippen LogP contribution in [-0.2, 0) is 12.8 Å². The SMILES string of the molecule is CC(C)Cc1ccccc1C(=O)[O-].CC(C)Cc1ccccc1C(=O)[O-].[Pb+2]. The Balaban J connectivity index is 0.000000483. The standard InChI is InChI=1S/2C11H14O2.Pb/c2*1-8(2)7-9-5-3-4-6-10(9)11(12)13;/h2*3-6,8H,7H2,1-2H3,(H,12,13);/q;;+2/p-2. The predicted molar refractivity (Wildman–Crippen MR) is 104 cm³/mol. The molecule has 2 aromatic carbocycles. The molecule has 142 valence electrons. The van der Waals surface area contributed by atoms with Crippen molar-refractivity contribution >= 4 is 39.2 Å². The molecule has 27 heavy (non-hydrogen) atoms. The van der Waals surface area contributed by atoms with Gasteiger partial charge >= 0.3 is 27.3 Å². The number of carbonyl (C=O) groups is 2. The number of hydrogen-bond donors (Lipinski definition) is 0. The maximum Gasteiger partial charge on any atom is 2.00 e. The zero-order valence-corrected chi connectivity index (χ0v) is 20.2. The van der Waals surface area contributed by atoms with E-state index in [1.165, 1.54) is 0 Å². The molecule has 2 aromatic rings. The maximum absolute atomic E-state index is 10.7. The van der Waals surface area contributed by atoms with E-state index in [1.54, 1.807) is 24.3 Å². The molecular formula is C22H26O4Pb. The molecule has 5 heteroatoms. The monoisotopic (exact) mass is 562 g/mol. The van der Waals surface area contributed by atoms with E-state index >= 15 is 0 Å². The van der Waals surface area contributed by atoms with E-state index in [0.29, 0.717) is 23.0 Å². The van der Waals surface area contributed by atoms with Crippen LogP contribution in [0.2, 0.25) is 0 Å². The van der Waals surface area contributed by atoms with Crippen molar-refractivity contribution in [2.75, 3.05) is 0 Å². The van der Waals surface area contributed by atoms with E-state index in [2.05, 4.69) is 27.7 Å². The molecule has 4 nitrogen and oxygen atoms in total. The molecule has 0 saturated carbocycles. The topological polar surface area (TPSA) is 80.3 Å². The first-order valence-corrected chi connectivity index (χ1v) is 8.80. The van der Waals surface area contributed by atoms with Gasteiger partial charge in [-0.2, -0.15) is 0 Å². The Morgan fingerprint density at radius 3 is 1.26 bits per heavy atom. The van der Waals surface area contributed by atoms with Crippen molar-refractivity contribution in [2.24, 2.45) is 11.8 Å². The van der Waals surface area contributed by atoms with Crippen molar-refractivity contribution in [1.82, 2.24) is 0 Å². The van der Waals surface area contributed by atoms with Crippen LogP contribution < -0.4 is 10.2 Å². The van der Waals surface area contributed by atoms with Crippen molar-refractivity contribution in [3.8, 4) is 0 Å². The summed E-state index contributed by atoms with van der Waals surface area (Å²) in [5.41, 5.74) is 2.35. The average Bonchev–Trinajstić information content (AvgIpc) is 2.55. The van der Waals surface area contributed by atoms with E-state index in [1.807, 2.05) is 24.3 Å². The minimum Gasteiger partial charge on any atom is -0.545 e. The maximum atomic E-state index is 10.7. The van der Waals surface area contributed by atoms with Gasteiger partial charge in [-0.1, -0.05) is 76.2 Å². The first-order valence-electron chi connectivity index (χ1n) is 8.80. The van der Waals surface area contributed by atoms with Crippen molar-refractivity contribution < 1.29 is 19.8 Å². The molecule has 0 amide bonds. The second-order valence-corrected chi connectivity index (χ2v) is 7.09. The fourth-order valence-corrected chi connectivity index (χ4v) is 2.67. The largest absolute Gasteiger partial charge is 2.00 e. The van der Waals surface area contributed by atoms with Gasteiger partial charge in [-0.15, -0.1) is 0 Å². The zero-order valence-electron chi connectivity index (χ0n) is 16.3. The molecule has 0 bridgehead atoms. The number of hydrogen-bond acceptors (Lipinski definition) is 4. The van der Waals surface area contributed by atoms with E-state index in [-0.39, 0.29) is 27.3 Å². The van der Waals surface area contributed by atoms with Gasteiger partial charge in [-0.05, 0) is 35.8 Å². The molecule has 0 aliphatic carbocycles. The third kappa shape index (κ3) is 9.17. The predicted octanol–water partition coefficient (Wildman–Crippen LogP) is 2.12. The van der Waals surface area contributed by atoms with Crippen LogP contribution in [0.25, 0.3) is 0 Å². The Labute approximate surface area is 181 Å². The summed E-state index contributed by atoms with van der Waals surface area (Å²) in [6.45, 7) is 8.25. The first kappa shape index (κ1) is 25.3. The summed E-state index contributed by atoms with van der Waals surface area (Å²) in [7, 11) is 0. The molecule has 0 aliphatic heterocycles. The van der Waals surface area contributed by atoms with Gasteiger partial charge in [-0.3, -0.25) is 0 Å². The molecule has 0 unspecified atom stereocenters. The minimum absolute atomic E-state index is 0. The fourth-order valence-electron chi connectivity index (χ4n) is 2.67. The molecular weight excluding hydrogens is 535 g/mol. The summed E-state index contributed by atoms with van der Waals surface area (Å²) < 4.78 is 0. The molecule has 0 heterocycles. The third-order valence-electron chi connectivity index (χ3n) is 3.73. The van der Waals surface area contributed by atoms with Gasteiger partial charge in [0.25, 0.3) is 0 Å². The van der Waals surface area contributed by atoms with Crippen LogP contribution >= 0.6 is 0 Å². The molecule has 0 saturated heterocycles. The summed E-state index contributed by atoms with van der Waals surface area (Å²) in [5, 5.41) is 21.4. The summed E-state index contributed by atoms with van der Waals surface area (Å²) in [6.07, 6.45) is 1.56. The molecule has 2 radical (unpaired) electrons. The number of carboxylic acids is 2. The van der Waals surface area contributed by atoms with E-state index < -0.39 is 11.9 Å².